The van der Waals surface area contributed by atoms with Crippen LogP contribution in [0.4, 0.5) is 5.69 Å². The first kappa shape index (κ1) is 14.3. The molecule has 20 heavy (non-hydrogen) atoms. The molecule has 0 radical (unpaired) electrons. The highest BCUT2D eigenvalue weighted by molar-refractivity contribution is 7.89. The van der Waals surface area contributed by atoms with Crippen LogP contribution in [-0.2, 0) is 10.0 Å². The number of hydrogen-bond donors (Lipinski definition) is 3. The largest absolute Gasteiger partial charge is 0.478 e. The second kappa shape index (κ2) is 5.48. The number of carbonyl (C=O) groups is 1. The van der Waals surface area contributed by atoms with Crippen LogP contribution < -0.4 is 10.5 Å². The number of sulfonamides is 1. The molecular weight excluding hydrogens is 280 g/mol. The molecule has 0 aliphatic rings. The van der Waals surface area contributed by atoms with Crippen LogP contribution in [-0.4, -0.2) is 31.8 Å². The van der Waals surface area contributed by atoms with Crippen molar-refractivity contribution in [2.45, 2.75) is 0 Å². The Labute approximate surface area is 116 Å². The van der Waals surface area contributed by atoms with Crippen molar-refractivity contribution in [3.8, 4) is 0 Å². The van der Waals surface area contributed by atoms with Crippen molar-refractivity contribution in [3.05, 3.63) is 42.0 Å². The first-order valence-electron chi connectivity index (χ1n) is 5.88. The normalized spacial score (nSPS) is 11.4. The lowest BCUT2D eigenvalue weighted by Gasteiger charge is -2.11. The van der Waals surface area contributed by atoms with E-state index < -0.39 is 16.0 Å². The molecule has 0 saturated heterocycles. The van der Waals surface area contributed by atoms with Gasteiger partial charge in [0.2, 0.25) is 10.0 Å². The molecule has 2 aromatic rings. The van der Waals surface area contributed by atoms with Gasteiger partial charge >= 0.3 is 5.97 Å². The van der Waals surface area contributed by atoms with Crippen LogP contribution in [0.1, 0.15) is 10.4 Å². The van der Waals surface area contributed by atoms with E-state index >= 15 is 0 Å². The van der Waals surface area contributed by atoms with Crippen LogP contribution in [0.25, 0.3) is 10.8 Å². The Kier molecular flexibility index (Phi) is 3.91. The fourth-order valence-corrected chi connectivity index (χ4v) is 2.35. The number of primary sulfonamides is 1. The first-order chi connectivity index (χ1) is 9.38. The number of aromatic carboxylic acids is 1. The zero-order valence-corrected chi connectivity index (χ0v) is 11.4. The molecule has 6 nitrogen and oxygen atoms in total. The molecule has 0 unspecified atom stereocenters. The van der Waals surface area contributed by atoms with E-state index in [1.54, 1.807) is 30.3 Å². The van der Waals surface area contributed by atoms with E-state index in [4.69, 9.17) is 10.2 Å². The zero-order valence-electron chi connectivity index (χ0n) is 10.5. The summed E-state index contributed by atoms with van der Waals surface area (Å²) in [6, 6.07) is 10.1. The van der Waals surface area contributed by atoms with Crippen molar-refractivity contribution < 1.29 is 18.3 Å². The summed E-state index contributed by atoms with van der Waals surface area (Å²) >= 11 is 0. The van der Waals surface area contributed by atoms with Crippen LogP contribution in [0, 0.1) is 0 Å². The molecule has 0 fully saturated rings. The van der Waals surface area contributed by atoms with E-state index in [2.05, 4.69) is 5.32 Å². The first-order valence-corrected chi connectivity index (χ1v) is 7.59. The Morgan fingerprint density at radius 3 is 2.40 bits per heavy atom. The molecule has 0 heterocycles. The van der Waals surface area contributed by atoms with Gasteiger partial charge in [-0.15, -0.1) is 0 Å². The third-order valence-corrected chi connectivity index (χ3v) is 3.63. The molecule has 0 atom stereocenters. The van der Waals surface area contributed by atoms with Crippen molar-refractivity contribution in [3.63, 3.8) is 0 Å². The molecule has 0 saturated carbocycles. The predicted octanol–water partition coefficient (Wildman–Crippen LogP) is 1.24. The number of nitrogens with two attached hydrogens (primary N) is 1. The summed E-state index contributed by atoms with van der Waals surface area (Å²) < 4.78 is 21.8. The SMILES string of the molecule is NS(=O)(=O)CCNc1ccc(C(=O)O)c2ccccc12. The van der Waals surface area contributed by atoms with Gasteiger partial charge < -0.3 is 10.4 Å². The summed E-state index contributed by atoms with van der Waals surface area (Å²) in [6.45, 7) is 0.162. The third-order valence-electron chi connectivity index (χ3n) is 2.86. The topological polar surface area (TPSA) is 109 Å². The van der Waals surface area contributed by atoms with Crippen LogP contribution >= 0.6 is 0 Å². The fraction of sp³-hybridized carbons (Fsp3) is 0.154. The van der Waals surface area contributed by atoms with Crippen LogP contribution in [0.3, 0.4) is 0 Å². The Morgan fingerprint density at radius 2 is 1.80 bits per heavy atom. The average Bonchev–Trinajstić information content (AvgIpc) is 2.37. The maximum absolute atomic E-state index is 11.2. The van der Waals surface area contributed by atoms with Gasteiger partial charge in [-0.3, -0.25) is 0 Å². The lowest BCUT2D eigenvalue weighted by atomic mass is 10.0. The fourth-order valence-electron chi connectivity index (χ4n) is 1.97. The number of hydrogen-bond acceptors (Lipinski definition) is 4. The van der Waals surface area contributed by atoms with Crippen LogP contribution in [0.2, 0.25) is 0 Å². The minimum Gasteiger partial charge on any atom is -0.478 e. The zero-order chi connectivity index (χ0) is 14.8. The number of fused-ring (bicyclic) bond motifs is 1. The molecule has 0 aromatic heterocycles. The summed E-state index contributed by atoms with van der Waals surface area (Å²) in [4.78, 5) is 11.2. The highest BCUT2D eigenvalue weighted by Gasteiger charge is 2.11. The van der Waals surface area contributed by atoms with Gasteiger partial charge in [-0.2, -0.15) is 0 Å². The average molecular weight is 294 g/mol. The van der Waals surface area contributed by atoms with E-state index in [-0.39, 0.29) is 17.9 Å². The molecule has 7 heteroatoms. The molecule has 2 aromatic carbocycles. The van der Waals surface area contributed by atoms with Crippen molar-refractivity contribution in [1.29, 1.82) is 0 Å². The summed E-state index contributed by atoms with van der Waals surface area (Å²) in [5, 5.41) is 18.4. The molecular formula is C13H14N2O4S. The Hall–Kier alpha value is -2.12. The Morgan fingerprint density at radius 1 is 1.15 bits per heavy atom. The van der Waals surface area contributed by atoms with Gasteiger partial charge in [0.15, 0.2) is 0 Å². The van der Waals surface area contributed by atoms with Crippen molar-refractivity contribution >= 4 is 32.5 Å². The maximum atomic E-state index is 11.2. The van der Waals surface area contributed by atoms with E-state index in [0.29, 0.717) is 11.1 Å². The van der Waals surface area contributed by atoms with Crippen LogP contribution in [0.15, 0.2) is 36.4 Å². The maximum Gasteiger partial charge on any atom is 0.336 e. The number of benzene rings is 2. The molecule has 0 spiro atoms. The van der Waals surface area contributed by atoms with Crippen molar-refractivity contribution in [1.82, 2.24) is 0 Å². The number of carboxylic acid groups (broad SMARTS) is 1. The van der Waals surface area contributed by atoms with E-state index in [1.807, 2.05) is 0 Å². The van der Waals surface area contributed by atoms with Crippen molar-refractivity contribution in [2.24, 2.45) is 5.14 Å². The van der Waals surface area contributed by atoms with Gasteiger partial charge in [-0.05, 0) is 17.5 Å². The van der Waals surface area contributed by atoms with Gasteiger partial charge in [-0.25, -0.2) is 18.4 Å². The summed E-state index contributed by atoms with van der Waals surface area (Å²) in [6.07, 6.45) is 0. The summed E-state index contributed by atoms with van der Waals surface area (Å²) in [7, 11) is -3.53. The van der Waals surface area contributed by atoms with Gasteiger partial charge in [-0.1, -0.05) is 24.3 Å². The highest BCUT2D eigenvalue weighted by atomic mass is 32.2. The summed E-state index contributed by atoms with van der Waals surface area (Å²) in [5.41, 5.74) is 0.881. The standard InChI is InChI=1S/C13H14N2O4S/c14-20(18,19)8-7-15-12-6-5-11(13(16)17)9-3-1-2-4-10(9)12/h1-6,15H,7-8H2,(H,16,17)(H2,14,18,19). The van der Waals surface area contributed by atoms with Gasteiger partial charge in [0.25, 0.3) is 0 Å². The lowest BCUT2D eigenvalue weighted by Crippen LogP contribution is -2.22. The summed E-state index contributed by atoms with van der Waals surface area (Å²) in [5.74, 6) is -1.19. The second-order valence-corrected chi connectivity index (χ2v) is 6.04. The molecule has 4 N–H and O–H groups in total. The van der Waals surface area contributed by atoms with Gasteiger partial charge in [0, 0.05) is 17.6 Å². The molecule has 0 aliphatic carbocycles. The second-order valence-electron chi connectivity index (χ2n) is 4.31. The number of carboxylic acids is 1. The lowest BCUT2D eigenvalue weighted by molar-refractivity contribution is 0.0699. The van der Waals surface area contributed by atoms with Crippen molar-refractivity contribution in [2.75, 3.05) is 17.6 Å². The number of nitrogens with one attached hydrogen (secondary N) is 1. The van der Waals surface area contributed by atoms with Gasteiger partial charge in [0.1, 0.15) is 0 Å². The molecule has 106 valence electrons. The predicted molar refractivity (Wildman–Crippen MR) is 77.4 cm³/mol. The quantitative estimate of drug-likeness (QED) is 0.768. The number of anilines is 1. The minimum absolute atomic E-state index is 0.162. The van der Waals surface area contributed by atoms with E-state index in [1.165, 1.54) is 6.07 Å². The van der Waals surface area contributed by atoms with Crippen LogP contribution in [0.5, 0.6) is 0 Å². The Balaban J connectivity index is 2.36. The minimum atomic E-state index is -3.53. The number of rotatable bonds is 5. The molecule has 2 rings (SSSR count). The van der Waals surface area contributed by atoms with E-state index in [0.717, 1.165) is 5.39 Å². The smallest absolute Gasteiger partial charge is 0.336 e. The Bertz CT molecular complexity index is 756. The monoisotopic (exact) mass is 294 g/mol. The molecule has 0 amide bonds. The van der Waals surface area contributed by atoms with E-state index in [9.17, 15) is 13.2 Å². The highest BCUT2D eigenvalue weighted by Crippen LogP contribution is 2.26. The molecule has 0 bridgehead atoms. The molecule has 0 aliphatic heterocycles. The third kappa shape index (κ3) is 3.25. The van der Waals surface area contributed by atoms with Gasteiger partial charge in [0.05, 0.1) is 11.3 Å².